The zero-order valence-corrected chi connectivity index (χ0v) is 17.9. The van der Waals surface area contributed by atoms with Gasteiger partial charge in [-0.15, -0.1) is 0 Å². The van der Waals surface area contributed by atoms with E-state index in [1.54, 1.807) is 0 Å². The van der Waals surface area contributed by atoms with Crippen molar-refractivity contribution in [2.45, 2.75) is 25.6 Å². The van der Waals surface area contributed by atoms with Crippen molar-refractivity contribution in [1.82, 2.24) is 0 Å². The molecular weight excluding hydrogens is 476 g/mol. The van der Waals surface area contributed by atoms with Crippen molar-refractivity contribution in [2.24, 2.45) is 0 Å². The van der Waals surface area contributed by atoms with Crippen LogP contribution < -0.4 is 4.74 Å². The molecular formula is C20H17BrF4O5. The largest absolute Gasteiger partial charge is 0.471 e. The van der Waals surface area contributed by atoms with Crippen LogP contribution in [0, 0.1) is 12.7 Å². The topological polar surface area (TPSA) is 61.8 Å². The summed E-state index contributed by atoms with van der Waals surface area (Å²) in [5.41, 5.74) is -4.33. The van der Waals surface area contributed by atoms with E-state index >= 15 is 0 Å². The Morgan fingerprint density at radius 1 is 1.00 bits per heavy atom. The van der Waals surface area contributed by atoms with Crippen molar-refractivity contribution in [2.75, 3.05) is 14.2 Å². The number of methoxy groups -OCH3 is 2. The number of carbonyl (C=O) groups is 2. The highest BCUT2D eigenvalue weighted by molar-refractivity contribution is 9.10. The fourth-order valence-corrected chi connectivity index (χ4v) is 3.16. The van der Waals surface area contributed by atoms with Crippen LogP contribution in [0.5, 0.6) is 5.75 Å². The van der Waals surface area contributed by atoms with Gasteiger partial charge in [-0.05, 0) is 49.7 Å². The number of hydrogen-bond acceptors (Lipinski definition) is 5. The van der Waals surface area contributed by atoms with E-state index < -0.39 is 40.7 Å². The van der Waals surface area contributed by atoms with Gasteiger partial charge in [-0.1, -0.05) is 15.9 Å². The first-order valence-electron chi connectivity index (χ1n) is 8.38. The predicted molar refractivity (Wildman–Crippen MR) is 102 cm³/mol. The van der Waals surface area contributed by atoms with E-state index in [9.17, 15) is 27.2 Å². The van der Waals surface area contributed by atoms with Crippen LogP contribution in [0.4, 0.5) is 17.6 Å². The molecule has 1 unspecified atom stereocenters. The first-order chi connectivity index (χ1) is 13.8. The van der Waals surface area contributed by atoms with Gasteiger partial charge in [0.25, 0.3) is 0 Å². The molecule has 0 amide bonds. The fourth-order valence-electron chi connectivity index (χ4n) is 2.80. The van der Waals surface area contributed by atoms with Crippen LogP contribution in [0.1, 0.15) is 34.0 Å². The highest BCUT2D eigenvalue weighted by atomic mass is 79.9. The first-order valence-corrected chi connectivity index (χ1v) is 9.17. The quantitative estimate of drug-likeness (QED) is 0.425. The number of aryl methyl sites for hydroxylation is 1. The van der Waals surface area contributed by atoms with Gasteiger partial charge < -0.3 is 14.2 Å². The van der Waals surface area contributed by atoms with E-state index in [1.807, 2.05) is 0 Å². The van der Waals surface area contributed by atoms with Gasteiger partial charge in [-0.3, -0.25) is 0 Å². The van der Waals surface area contributed by atoms with Crippen LogP contribution in [-0.2, 0) is 26.0 Å². The molecule has 10 heteroatoms. The van der Waals surface area contributed by atoms with Crippen molar-refractivity contribution in [3.63, 3.8) is 0 Å². The number of rotatable bonds is 5. The molecule has 1 atom stereocenters. The monoisotopic (exact) mass is 492 g/mol. The summed E-state index contributed by atoms with van der Waals surface area (Å²) in [7, 11) is 1.99. The molecule has 0 spiro atoms. The molecule has 0 saturated carbocycles. The molecule has 0 aliphatic rings. The molecule has 2 aromatic rings. The molecule has 0 fully saturated rings. The second-order valence-electron chi connectivity index (χ2n) is 6.40. The lowest BCUT2D eigenvalue weighted by molar-refractivity contribution is -0.159. The third-order valence-electron chi connectivity index (χ3n) is 4.36. The van der Waals surface area contributed by atoms with E-state index in [-0.39, 0.29) is 16.9 Å². The second kappa shape index (κ2) is 8.63. The Morgan fingerprint density at radius 2 is 1.63 bits per heavy atom. The van der Waals surface area contributed by atoms with Gasteiger partial charge in [0.15, 0.2) is 0 Å². The molecule has 0 saturated heterocycles. The minimum atomic E-state index is -4.92. The van der Waals surface area contributed by atoms with Crippen molar-refractivity contribution >= 4 is 27.9 Å². The van der Waals surface area contributed by atoms with Crippen molar-refractivity contribution < 1.29 is 41.4 Å². The Bertz CT molecular complexity index is 990. The van der Waals surface area contributed by atoms with Gasteiger partial charge in [0.1, 0.15) is 11.6 Å². The summed E-state index contributed by atoms with van der Waals surface area (Å²) in [4.78, 5) is 24.3. The van der Waals surface area contributed by atoms with Crippen LogP contribution in [-0.4, -0.2) is 26.2 Å². The smallest absolute Gasteiger partial charge is 0.417 e. The highest BCUT2D eigenvalue weighted by Crippen LogP contribution is 2.40. The summed E-state index contributed by atoms with van der Waals surface area (Å²) in [5, 5.41) is 0. The average molecular weight is 493 g/mol. The maximum absolute atomic E-state index is 14.5. The number of benzene rings is 2. The molecule has 0 bridgehead atoms. The summed E-state index contributed by atoms with van der Waals surface area (Å²) in [6.45, 7) is 2.54. The molecule has 5 nitrogen and oxygen atoms in total. The Hall–Kier alpha value is -2.62. The zero-order valence-electron chi connectivity index (χ0n) is 16.3. The minimum absolute atomic E-state index is 0.0916. The minimum Gasteiger partial charge on any atom is -0.471 e. The molecule has 0 aromatic heterocycles. The standard InChI is InChI=1S/C20H17BrF4O5/c1-10-7-12(17(26)28-3)13(20(23,24)25)9-16(10)30-19(2,18(27)29-4)14-8-11(21)5-6-15(14)22/h5-9H,1-4H3. The van der Waals surface area contributed by atoms with Crippen molar-refractivity contribution in [3.8, 4) is 5.75 Å². The molecule has 0 aliphatic heterocycles. The summed E-state index contributed by atoms with van der Waals surface area (Å²) in [6, 6.07) is 5.21. The molecule has 2 aromatic carbocycles. The Kier molecular flexibility index (Phi) is 6.80. The predicted octanol–water partition coefficient (Wildman–Crippen LogP) is 5.17. The summed E-state index contributed by atoms with van der Waals surface area (Å²) in [5.74, 6) is -3.44. The Labute approximate surface area is 178 Å². The van der Waals surface area contributed by atoms with Gasteiger partial charge >= 0.3 is 18.1 Å². The van der Waals surface area contributed by atoms with Gasteiger partial charge in [0, 0.05) is 10.0 Å². The van der Waals surface area contributed by atoms with E-state index in [2.05, 4.69) is 20.7 Å². The number of alkyl halides is 3. The summed E-state index contributed by atoms with van der Waals surface area (Å²) in [6.07, 6.45) is -4.92. The lowest BCUT2D eigenvalue weighted by atomic mass is 9.94. The van der Waals surface area contributed by atoms with Crippen molar-refractivity contribution in [1.29, 1.82) is 0 Å². The number of esters is 2. The average Bonchev–Trinajstić information content (AvgIpc) is 2.68. The second-order valence-corrected chi connectivity index (χ2v) is 7.32. The van der Waals surface area contributed by atoms with Gasteiger partial charge in [0.05, 0.1) is 25.3 Å². The first kappa shape index (κ1) is 23.7. The zero-order chi connectivity index (χ0) is 22.9. The number of halogens is 5. The third kappa shape index (κ3) is 4.58. The van der Waals surface area contributed by atoms with Crippen LogP contribution >= 0.6 is 15.9 Å². The maximum Gasteiger partial charge on any atom is 0.417 e. The molecule has 0 aliphatic carbocycles. The maximum atomic E-state index is 14.5. The molecule has 2 rings (SSSR count). The molecule has 162 valence electrons. The molecule has 30 heavy (non-hydrogen) atoms. The molecule has 0 N–H and O–H groups in total. The normalized spacial score (nSPS) is 13.4. The SMILES string of the molecule is COC(=O)c1cc(C)c(OC(C)(C(=O)OC)c2cc(Br)ccc2F)cc1C(F)(F)F. The third-order valence-corrected chi connectivity index (χ3v) is 4.85. The van der Waals surface area contributed by atoms with Crippen molar-refractivity contribution in [3.05, 3.63) is 62.9 Å². The number of carbonyl (C=O) groups excluding carboxylic acids is 2. The fraction of sp³-hybridized carbons (Fsp3) is 0.300. The van der Waals surface area contributed by atoms with Gasteiger partial charge in [0.2, 0.25) is 5.60 Å². The number of hydrogen-bond donors (Lipinski definition) is 0. The van der Waals surface area contributed by atoms with E-state index in [4.69, 9.17) is 9.47 Å². The summed E-state index contributed by atoms with van der Waals surface area (Å²) < 4.78 is 70.3. The van der Waals surface area contributed by atoms with E-state index in [1.165, 1.54) is 26.0 Å². The van der Waals surface area contributed by atoms with Crippen LogP contribution in [0.15, 0.2) is 34.8 Å². The molecule has 0 radical (unpaired) electrons. The van der Waals surface area contributed by atoms with Crippen LogP contribution in [0.25, 0.3) is 0 Å². The summed E-state index contributed by atoms with van der Waals surface area (Å²) >= 11 is 3.16. The highest BCUT2D eigenvalue weighted by Gasteiger charge is 2.43. The molecule has 0 heterocycles. The Morgan fingerprint density at radius 3 is 2.17 bits per heavy atom. The van der Waals surface area contributed by atoms with E-state index in [0.717, 1.165) is 26.4 Å². The van der Waals surface area contributed by atoms with Crippen LogP contribution in [0.3, 0.4) is 0 Å². The lowest BCUT2D eigenvalue weighted by Crippen LogP contribution is -2.40. The lowest BCUT2D eigenvalue weighted by Gasteiger charge is -2.30. The van der Waals surface area contributed by atoms with Crippen LogP contribution in [0.2, 0.25) is 0 Å². The number of ether oxygens (including phenoxy) is 3. The van der Waals surface area contributed by atoms with E-state index in [0.29, 0.717) is 10.5 Å². The Balaban J connectivity index is 2.71. The van der Waals surface area contributed by atoms with Gasteiger partial charge in [-0.25, -0.2) is 14.0 Å². The van der Waals surface area contributed by atoms with Gasteiger partial charge in [-0.2, -0.15) is 13.2 Å².